The molecule has 0 aromatic heterocycles. The summed E-state index contributed by atoms with van der Waals surface area (Å²) in [5.74, 6) is -1.20. The van der Waals surface area contributed by atoms with Crippen molar-refractivity contribution in [1.29, 1.82) is 0 Å². The number of hydrogen-bond donors (Lipinski definition) is 1. The molecule has 17 heavy (non-hydrogen) atoms. The normalized spacial score (nSPS) is 12.6. The van der Waals surface area contributed by atoms with E-state index in [-0.39, 0.29) is 74.8 Å². The number of amides is 1. The van der Waals surface area contributed by atoms with Crippen LogP contribution in [0, 0.1) is 5.92 Å². The summed E-state index contributed by atoms with van der Waals surface area (Å²) in [6.07, 6.45) is -0.617. The van der Waals surface area contributed by atoms with Crippen molar-refractivity contribution >= 4 is 81.0 Å². The maximum absolute atomic E-state index is 11.6. The van der Waals surface area contributed by atoms with Gasteiger partial charge in [0.25, 0.3) is 0 Å². The van der Waals surface area contributed by atoms with Crippen LogP contribution in [0.4, 0.5) is 4.79 Å². The van der Waals surface area contributed by atoms with Gasteiger partial charge in [-0.05, 0) is 26.7 Å². The second-order valence-electron chi connectivity index (χ2n) is 5.12. The van der Waals surface area contributed by atoms with Gasteiger partial charge in [-0.2, -0.15) is 0 Å². The summed E-state index contributed by atoms with van der Waals surface area (Å²) in [7, 11) is 1.44. The Kier molecular flexibility index (Phi) is 9.54. The molecule has 96 valence electrons. The summed E-state index contributed by atoms with van der Waals surface area (Å²) >= 11 is 0. The third-order valence-corrected chi connectivity index (χ3v) is 1.98. The molecule has 1 N–H and O–H groups in total. The first-order chi connectivity index (χ1) is 7.06. The van der Waals surface area contributed by atoms with Crippen LogP contribution in [0.1, 0.15) is 34.6 Å². The van der Waals surface area contributed by atoms with Crippen molar-refractivity contribution in [2.24, 2.45) is 5.92 Å². The van der Waals surface area contributed by atoms with Crippen molar-refractivity contribution in [2.75, 3.05) is 7.05 Å². The monoisotopic (exact) mass is 365 g/mol. The topological polar surface area (TPSA) is 66.8 Å². The van der Waals surface area contributed by atoms with E-state index < -0.39 is 23.7 Å². The molecule has 0 aliphatic carbocycles. The molecule has 0 heterocycles. The number of nitrogens with zero attached hydrogens (tertiary/aromatic N) is 1. The van der Waals surface area contributed by atoms with Gasteiger partial charge >= 0.3 is 81.0 Å². The average Bonchev–Trinajstić information content (AvgIpc) is 1.98. The number of rotatable bonds is 3. The number of carbonyl (C=O) groups is 2. The van der Waals surface area contributed by atoms with E-state index in [4.69, 9.17) is 9.84 Å². The molecule has 1 atom stereocenters. The Balaban J connectivity index is 0. The predicted octanol–water partition coefficient (Wildman–Crippen LogP) is 1.31. The van der Waals surface area contributed by atoms with Crippen LogP contribution in [0.25, 0.3) is 0 Å². The molecule has 0 aromatic carbocycles. The first kappa shape index (κ1) is 20.1. The molecule has 0 saturated carbocycles. The summed E-state index contributed by atoms with van der Waals surface area (Å²) in [6.45, 7) is 8.72. The standard InChI is InChI=1S/C11H21NO4.Cs.H/c1-7(2)8(9(13)14)12(6)10(15)16-11(3,4)5;;/h7-8H,1-6H3,(H,13,14);;/t8-;;/m0../s1. The molecule has 0 spiro atoms. The van der Waals surface area contributed by atoms with E-state index in [2.05, 4.69) is 0 Å². The van der Waals surface area contributed by atoms with E-state index in [9.17, 15) is 9.59 Å². The molecule has 5 nitrogen and oxygen atoms in total. The summed E-state index contributed by atoms with van der Waals surface area (Å²) in [5.41, 5.74) is -0.620. The van der Waals surface area contributed by atoms with Gasteiger partial charge in [0.05, 0.1) is 0 Å². The van der Waals surface area contributed by atoms with Crippen molar-refractivity contribution in [3.05, 3.63) is 0 Å². The molecule has 0 aromatic rings. The minimum absolute atomic E-state index is 0. The molecular formula is C11H22CsNO4. The van der Waals surface area contributed by atoms with Gasteiger partial charge in [0.15, 0.2) is 0 Å². The Morgan fingerprint density at radius 2 is 1.65 bits per heavy atom. The Hall–Kier alpha value is 0.792. The molecule has 0 aliphatic rings. The van der Waals surface area contributed by atoms with E-state index in [1.807, 2.05) is 0 Å². The zero-order chi connectivity index (χ0) is 13.1. The fraction of sp³-hybridized carbons (Fsp3) is 0.818. The second-order valence-corrected chi connectivity index (χ2v) is 5.12. The second kappa shape index (κ2) is 8.06. The minimum atomic E-state index is -1.02. The van der Waals surface area contributed by atoms with Crippen LogP contribution in [0.3, 0.4) is 0 Å². The first-order valence-electron chi connectivity index (χ1n) is 5.25. The number of hydrogen-bond acceptors (Lipinski definition) is 3. The molecule has 0 fully saturated rings. The Labute approximate surface area is 162 Å². The van der Waals surface area contributed by atoms with E-state index in [0.717, 1.165) is 4.90 Å². The summed E-state index contributed by atoms with van der Waals surface area (Å²) in [4.78, 5) is 23.8. The van der Waals surface area contributed by atoms with E-state index in [1.54, 1.807) is 34.6 Å². The average molecular weight is 365 g/mol. The van der Waals surface area contributed by atoms with Crippen LogP contribution < -0.4 is 0 Å². The number of likely N-dealkylation sites (N-methyl/N-ethyl adjacent to an activating group) is 1. The molecule has 0 bridgehead atoms. The SMILES string of the molecule is CC(C)[C@@H](C(=O)O)N(C)C(=O)OC(C)(C)C.[CsH]. The molecule has 1 amide bonds. The van der Waals surface area contributed by atoms with Crippen molar-refractivity contribution in [1.82, 2.24) is 4.90 Å². The van der Waals surface area contributed by atoms with Crippen molar-refractivity contribution < 1.29 is 19.4 Å². The van der Waals surface area contributed by atoms with Crippen LogP contribution in [0.2, 0.25) is 0 Å². The molecule has 0 radical (unpaired) electrons. The van der Waals surface area contributed by atoms with Gasteiger partial charge in [0.1, 0.15) is 11.6 Å². The summed E-state index contributed by atoms with van der Waals surface area (Å²) in [6, 6.07) is -0.866. The summed E-state index contributed by atoms with van der Waals surface area (Å²) in [5, 5.41) is 9.01. The summed E-state index contributed by atoms with van der Waals surface area (Å²) < 4.78 is 5.10. The Morgan fingerprint density at radius 1 is 1.24 bits per heavy atom. The Morgan fingerprint density at radius 3 is 1.88 bits per heavy atom. The number of carbonyl (C=O) groups excluding carboxylic acids is 1. The zero-order valence-corrected chi connectivity index (χ0v) is 10.8. The third kappa shape index (κ3) is 7.74. The van der Waals surface area contributed by atoms with Crippen LogP contribution in [-0.2, 0) is 9.53 Å². The van der Waals surface area contributed by atoms with E-state index in [0.29, 0.717) is 0 Å². The van der Waals surface area contributed by atoms with Gasteiger partial charge in [-0.25, -0.2) is 9.59 Å². The fourth-order valence-corrected chi connectivity index (χ4v) is 1.35. The number of carboxylic acid groups (broad SMARTS) is 1. The third-order valence-electron chi connectivity index (χ3n) is 1.98. The zero-order valence-electron chi connectivity index (χ0n) is 10.8. The Bertz CT molecular complexity index is 273. The molecule has 0 saturated heterocycles. The number of ether oxygens (including phenoxy) is 1. The molecular weight excluding hydrogens is 343 g/mol. The van der Waals surface area contributed by atoms with Crippen LogP contribution in [0.5, 0.6) is 0 Å². The van der Waals surface area contributed by atoms with Crippen LogP contribution in [-0.4, -0.2) is 110 Å². The number of aliphatic carboxylic acids is 1. The van der Waals surface area contributed by atoms with Gasteiger partial charge in [-0.1, -0.05) is 13.8 Å². The van der Waals surface area contributed by atoms with Gasteiger partial charge in [0.2, 0.25) is 0 Å². The van der Waals surface area contributed by atoms with Crippen LogP contribution >= 0.6 is 0 Å². The quantitative estimate of drug-likeness (QED) is 0.819. The van der Waals surface area contributed by atoms with Gasteiger partial charge < -0.3 is 9.84 Å². The first-order valence-corrected chi connectivity index (χ1v) is 5.25. The predicted molar refractivity (Wildman–Crippen MR) is 67.4 cm³/mol. The molecule has 0 aliphatic heterocycles. The van der Waals surface area contributed by atoms with Crippen molar-refractivity contribution in [3.63, 3.8) is 0 Å². The molecule has 6 heteroatoms. The molecule has 0 unspecified atom stereocenters. The van der Waals surface area contributed by atoms with Crippen molar-refractivity contribution in [2.45, 2.75) is 46.3 Å². The van der Waals surface area contributed by atoms with Crippen molar-refractivity contribution in [3.8, 4) is 0 Å². The maximum atomic E-state index is 11.6. The van der Waals surface area contributed by atoms with Gasteiger partial charge in [0, 0.05) is 7.05 Å². The van der Waals surface area contributed by atoms with E-state index >= 15 is 0 Å². The van der Waals surface area contributed by atoms with Crippen LogP contribution in [0.15, 0.2) is 0 Å². The van der Waals surface area contributed by atoms with Gasteiger partial charge in [-0.15, -0.1) is 0 Å². The van der Waals surface area contributed by atoms with Gasteiger partial charge in [-0.3, -0.25) is 4.90 Å². The van der Waals surface area contributed by atoms with E-state index in [1.165, 1.54) is 7.05 Å². The number of carboxylic acids is 1. The molecule has 0 rings (SSSR count). The fourth-order valence-electron chi connectivity index (χ4n) is 1.35.